The first-order valence-corrected chi connectivity index (χ1v) is 7.02. The molecule has 0 saturated carbocycles. The first kappa shape index (κ1) is 18.9. The van der Waals surface area contributed by atoms with E-state index in [0.29, 0.717) is 12.2 Å². The minimum Gasteiger partial charge on any atom is -0.460 e. The molecule has 0 aliphatic carbocycles. The highest BCUT2D eigenvalue weighted by molar-refractivity contribution is 5.89. The van der Waals surface area contributed by atoms with Gasteiger partial charge in [0.2, 0.25) is 0 Å². The van der Waals surface area contributed by atoms with E-state index in [0.717, 1.165) is 13.0 Å². The van der Waals surface area contributed by atoms with Crippen LogP contribution in [0.4, 0.5) is 0 Å². The van der Waals surface area contributed by atoms with Gasteiger partial charge in [0, 0.05) is 5.54 Å². The first-order chi connectivity index (χ1) is 9.05. The molecule has 1 N–H and O–H groups in total. The van der Waals surface area contributed by atoms with E-state index in [2.05, 4.69) is 26.1 Å². The van der Waals surface area contributed by atoms with Gasteiger partial charge in [0.05, 0.1) is 5.56 Å². The Morgan fingerprint density at radius 3 is 2.45 bits per heavy atom. The average molecular weight is 300 g/mol. The molecule has 114 valence electrons. The second kappa shape index (κ2) is 9.78. The summed E-state index contributed by atoms with van der Waals surface area (Å²) in [6, 6.07) is 9.10. The van der Waals surface area contributed by atoms with Gasteiger partial charge in [-0.05, 0) is 38.9 Å². The third-order valence-electron chi connectivity index (χ3n) is 2.96. The van der Waals surface area contributed by atoms with Crippen molar-refractivity contribution in [3.05, 3.63) is 35.9 Å². The molecule has 0 aromatic heterocycles. The molecule has 0 fully saturated rings. The molecule has 0 amide bonds. The maximum atomic E-state index is 11.8. The Kier molecular flexibility index (Phi) is 9.26. The maximum absolute atomic E-state index is 11.8. The van der Waals surface area contributed by atoms with Gasteiger partial charge >= 0.3 is 5.97 Å². The van der Waals surface area contributed by atoms with E-state index in [1.54, 1.807) is 12.1 Å². The third kappa shape index (κ3) is 7.51. The van der Waals surface area contributed by atoms with Crippen molar-refractivity contribution < 1.29 is 9.53 Å². The van der Waals surface area contributed by atoms with Crippen molar-refractivity contribution in [2.24, 2.45) is 0 Å². The highest BCUT2D eigenvalue weighted by Gasteiger charge is 2.19. The number of rotatable bonds is 8. The van der Waals surface area contributed by atoms with Crippen LogP contribution in [-0.4, -0.2) is 24.7 Å². The summed E-state index contributed by atoms with van der Waals surface area (Å²) in [5.74, 6) is -0.260. The standard InChI is InChI=1S/C16H25NO2.ClH/c1-4-5-9-12-17-16(2,3)13-19-15(18)14-10-7-6-8-11-14;/h6-8,10-11,17H,4-5,9,12-13H2,1-3H3;1H. The van der Waals surface area contributed by atoms with Crippen molar-refractivity contribution in [1.82, 2.24) is 5.32 Å². The minimum atomic E-state index is -0.260. The summed E-state index contributed by atoms with van der Waals surface area (Å²) >= 11 is 0. The summed E-state index contributed by atoms with van der Waals surface area (Å²) in [4.78, 5) is 11.8. The Hall–Kier alpha value is -1.06. The van der Waals surface area contributed by atoms with E-state index < -0.39 is 0 Å². The van der Waals surface area contributed by atoms with Crippen molar-refractivity contribution in [3.8, 4) is 0 Å². The molecule has 0 heterocycles. The molecule has 0 bridgehead atoms. The molecule has 0 unspecified atom stereocenters. The Morgan fingerprint density at radius 1 is 1.20 bits per heavy atom. The van der Waals surface area contributed by atoms with Gasteiger partial charge in [0.1, 0.15) is 6.61 Å². The normalized spacial score (nSPS) is 10.8. The SMILES string of the molecule is CCCCCNC(C)(C)COC(=O)c1ccccc1.Cl. The minimum absolute atomic E-state index is 0. The molecule has 0 atom stereocenters. The predicted octanol–water partition coefficient (Wildman–Crippen LogP) is 3.82. The predicted molar refractivity (Wildman–Crippen MR) is 85.6 cm³/mol. The van der Waals surface area contributed by atoms with E-state index in [9.17, 15) is 4.79 Å². The molecule has 0 radical (unpaired) electrons. The second-order valence-electron chi connectivity index (χ2n) is 5.46. The fraction of sp³-hybridized carbons (Fsp3) is 0.562. The molecular formula is C16H26ClNO2. The monoisotopic (exact) mass is 299 g/mol. The summed E-state index contributed by atoms with van der Waals surface area (Å²) in [7, 11) is 0. The third-order valence-corrected chi connectivity index (χ3v) is 2.96. The van der Waals surface area contributed by atoms with Crippen molar-refractivity contribution in [3.63, 3.8) is 0 Å². The summed E-state index contributed by atoms with van der Waals surface area (Å²) < 4.78 is 5.35. The molecular weight excluding hydrogens is 274 g/mol. The Bertz CT molecular complexity index is 379. The van der Waals surface area contributed by atoms with Gasteiger partial charge < -0.3 is 10.1 Å². The van der Waals surface area contributed by atoms with Gasteiger partial charge in [-0.25, -0.2) is 4.79 Å². The Morgan fingerprint density at radius 2 is 1.85 bits per heavy atom. The summed E-state index contributed by atoms with van der Waals surface area (Å²) in [6.45, 7) is 7.64. The molecule has 1 aromatic rings. The van der Waals surface area contributed by atoms with Crippen LogP contribution >= 0.6 is 12.4 Å². The number of hydrogen-bond donors (Lipinski definition) is 1. The number of ether oxygens (including phenoxy) is 1. The number of unbranched alkanes of at least 4 members (excludes halogenated alkanes) is 2. The van der Waals surface area contributed by atoms with Crippen LogP contribution in [0.25, 0.3) is 0 Å². The zero-order valence-corrected chi connectivity index (χ0v) is 13.5. The van der Waals surface area contributed by atoms with Crippen LogP contribution in [0, 0.1) is 0 Å². The van der Waals surface area contributed by atoms with Crippen LogP contribution in [0.2, 0.25) is 0 Å². The second-order valence-corrected chi connectivity index (χ2v) is 5.46. The lowest BCUT2D eigenvalue weighted by Gasteiger charge is -2.26. The zero-order valence-electron chi connectivity index (χ0n) is 12.6. The van der Waals surface area contributed by atoms with E-state index in [4.69, 9.17) is 4.74 Å². The van der Waals surface area contributed by atoms with Gasteiger partial charge in [-0.3, -0.25) is 0 Å². The van der Waals surface area contributed by atoms with Gasteiger partial charge in [0.15, 0.2) is 0 Å². The van der Waals surface area contributed by atoms with Crippen molar-refractivity contribution in [1.29, 1.82) is 0 Å². The molecule has 0 spiro atoms. The first-order valence-electron chi connectivity index (χ1n) is 7.02. The van der Waals surface area contributed by atoms with Gasteiger partial charge in [0.25, 0.3) is 0 Å². The highest BCUT2D eigenvalue weighted by atomic mass is 35.5. The summed E-state index contributed by atoms with van der Waals surface area (Å²) in [5.41, 5.74) is 0.419. The molecule has 3 nitrogen and oxygen atoms in total. The van der Waals surface area contributed by atoms with Crippen LogP contribution in [0.15, 0.2) is 30.3 Å². The maximum Gasteiger partial charge on any atom is 0.338 e. The lowest BCUT2D eigenvalue weighted by Crippen LogP contribution is -2.44. The fourth-order valence-corrected chi connectivity index (χ4v) is 1.76. The van der Waals surface area contributed by atoms with Gasteiger partial charge in [-0.15, -0.1) is 12.4 Å². The number of halogens is 1. The van der Waals surface area contributed by atoms with Gasteiger partial charge in [-0.2, -0.15) is 0 Å². The Balaban J connectivity index is 0.00000361. The number of carbonyl (C=O) groups excluding carboxylic acids is 1. The number of carbonyl (C=O) groups is 1. The van der Waals surface area contributed by atoms with Crippen LogP contribution in [0.1, 0.15) is 50.4 Å². The van der Waals surface area contributed by atoms with Crippen molar-refractivity contribution in [2.45, 2.75) is 45.6 Å². The molecule has 0 aliphatic heterocycles. The number of benzene rings is 1. The van der Waals surface area contributed by atoms with Crippen LogP contribution < -0.4 is 5.32 Å². The summed E-state index contributed by atoms with van der Waals surface area (Å²) in [6.07, 6.45) is 3.60. The lowest BCUT2D eigenvalue weighted by atomic mass is 10.1. The molecule has 0 aliphatic rings. The zero-order chi connectivity index (χ0) is 14.1. The molecule has 1 rings (SSSR count). The van der Waals surface area contributed by atoms with E-state index in [1.807, 2.05) is 18.2 Å². The average Bonchev–Trinajstić information content (AvgIpc) is 2.42. The van der Waals surface area contributed by atoms with E-state index >= 15 is 0 Å². The van der Waals surface area contributed by atoms with Crippen LogP contribution in [-0.2, 0) is 4.74 Å². The Labute approximate surface area is 128 Å². The topological polar surface area (TPSA) is 38.3 Å². The molecule has 1 aromatic carbocycles. The fourth-order valence-electron chi connectivity index (χ4n) is 1.76. The van der Waals surface area contributed by atoms with Crippen molar-refractivity contribution in [2.75, 3.05) is 13.2 Å². The highest BCUT2D eigenvalue weighted by Crippen LogP contribution is 2.07. The number of esters is 1. The smallest absolute Gasteiger partial charge is 0.338 e. The quantitative estimate of drug-likeness (QED) is 0.586. The van der Waals surface area contributed by atoms with Gasteiger partial charge in [-0.1, -0.05) is 38.0 Å². The van der Waals surface area contributed by atoms with Crippen LogP contribution in [0.5, 0.6) is 0 Å². The number of nitrogens with one attached hydrogen (secondary N) is 1. The lowest BCUT2D eigenvalue weighted by molar-refractivity contribution is 0.0400. The van der Waals surface area contributed by atoms with E-state index in [1.165, 1.54) is 12.8 Å². The molecule has 20 heavy (non-hydrogen) atoms. The van der Waals surface area contributed by atoms with E-state index in [-0.39, 0.29) is 23.9 Å². The largest absolute Gasteiger partial charge is 0.460 e. The van der Waals surface area contributed by atoms with Crippen LogP contribution in [0.3, 0.4) is 0 Å². The summed E-state index contributed by atoms with van der Waals surface area (Å²) in [5, 5.41) is 3.42. The molecule has 4 heteroatoms. The number of hydrogen-bond acceptors (Lipinski definition) is 3. The van der Waals surface area contributed by atoms with Crippen molar-refractivity contribution >= 4 is 18.4 Å². The molecule has 0 saturated heterocycles.